The van der Waals surface area contributed by atoms with Gasteiger partial charge >= 0.3 is 0 Å². The van der Waals surface area contributed by atoms with Gasteiger partial charge in [-0.2, -0.15) is 0 Å². The molecule has 22 heavy (non-hydrogen) atoms. The van der Waals surface area contributed by atoms with Gasteiger partial charge in [0.15, 0.2) is 12.3 Å². The average molecular weight is 304 g/mol. The summed E-state index contributed by atoms with van der Waals surface area (Å²) in [6.45, 7) is 2.76. The molecule has 1 atom stereocenters. The molecule has 0 saturated heterocycles. The van der Waals surface area contributed by atoms with E-state index in [4.69, 9.17) is 4.42 Å². The molecule has 116 valence electrons. The number of nitrogens with zero attached hydrogens (tertiary/aromatic N) is 1. The number of non-ortho nitro benzene ring substituents is 1. The number of carbonyl (C=O) groups is 1. The summed E-state index contributed by atoms with van der Waals surface area (Å²) in [6, 6.07) is 9.53. The smallest absolute Gasteiger partial charge is 0.279 e. The van der Waals surface area contributed by atoms with E-state index in [-0.39, 0.29) is 18.1 Å². The normalized spacial score (nSPS) is 11.9. The standard InChI is InChI=1S/C15H17N3O4/c1-11-3-8-14(22-11)9-17(2)10-15(19)16-12-4-6-13(7-5-12)18(20)21/h3-8H,9-10H2,1-2H3,(H,16,19)/p+1. The zero-order chi connectivity index (χ0) is 16.1. The quantitative estimate of drug-likeness (QED) is 0.619. The third-order valence-electron chi connectivity index (χ3n) is 3.10. The second kappa shape index (κ2) is 6.86. The van der Waals surface area contributed by atoms with Crippen LogP contribution in [0.25, 0.3) is 0 Å². The van der Waals surface area contributed by atoms with Crippen molar-refractivity contribution in [2.24, 2.45) is 0 Å². The molecule has 0 spiro atoms. The van der Waals surface area contributed by atoms with E-state index in [2.05, 4.69) is 5.32 Å². The van der Waals surface area contributed by atoms with Gasteiger partial charge in [0.1, 0.15) is 12.3 Å². The van der Waals surface area contributed by atoms with Gasteiger partial charge in [-0.1, -0.05) is 0 Å². The van der Waals surface area contributed by atoms with E-state index in [0.29, 0.717) is 12.2 Å². The minimum Gasteiger partial charge on any atom is -0.460 e. The van der Waals surface area contributed by atoms with E-state index in [1.165, 1.54) is 24.3 Å². The van der Waals surface area contributed by atoms with Crippen LogP contribution in [0.5, 0.6) is 0 Å². The van der Waals surface area contributed by atoms with Crippen molar-refractivity contribution in [1.29, 1.82) is 0 Å². The van der Waals surface area contributed by atoms with Crippen molar-refractivity contribution < 1.29 is 19.0 Å². The first kappa shape index (κ1) is 15.7. The van der Waals surface area contributed by atoms with Gasteiger partial charge in [0.05, 0.1) is 12.0 Å². The predicted molar refractivity (Wildman–Crippen MR) is 80.6 cm³/mol. The number of nitrogens with one attached hydrogen (secondary N) is 2. The summed E-state index contributed by atoms with van der Waals surface area (Å²) in [5.41, 5.74) is 0.533. The van der Waals surface area contributed by atoms with E-state index in [9.17, 15) is 14.9 Å². The van der Waals surface area contributed by atoms with E-state index in [1.807, 2.05) is 26.1 Å². The maximum atomic E-state index is 11.9. The van der Waals surface area contributed by atoms with E-state index >= 15 is 0 Å². The number of anilines is 1. The third kappa shape index (κ3) is 4.42. The van der Waals surface area contributed by atoms with Gasteiger partial charge in [-0.15, -0.1) is 0 Å². The fourth-order valence-corrected chi connectivity index (χ4v) is 2.09. The van der Waals surface area contributed by atoms with Crippen LogP contribution in [-0.2, 0) is 11.3 Å². The number of likely N-dealkylation sites (N-methyl/N-ethyl adjacent to an activating group) is 1. The summed E-state index contributed by atoms with van der Waals surface area (Å²) >= 11 is 0. The van der Waals surface area contributed by atoms with Crippen LogP contribution >= 0.6 is 0 Å². The molecular weight excluding hydrogens is 286 g/mol. The highest BCUT2D eigenvalue weighted by Crippen LogP contribution is 2.15. The molecule has 2 N–H and O–H groups in total. The van der Waals surface area contributed by atoms with Crippen molar-refractivity contribution in [3.05, 3.63) is 58.0 Å². The van der Waals surface area contributed by atoms with Crippen molar-refractivity contribution in [3.8, 4) is 0 Å². The molecular formula is C15H18N3O4+. The molecule has 0 bridgehead atoms. The summed E-state index contributed by atoms with van der Waals surface area (Å²) in [5.74, 6) is 1.52. The number of benzene rings is 1. The summed E-state index contributed by atoms with van der Waals surface area (Å²) in [5, 5.41) is 13.3. The van der Waals surface area contributed by atoms with Gasteiger partial charge in [0.2, 0.25) is 0 Å². The Morgan fingerprint density at radius 3 is 2.50 bits per heavy atom. The van der Waals surface area contributed by atoms with Crippen molar-refractivity contribution in [2.45, 2.75) is 13.5 Å². The highest BCUT2D eigenvalue weighted by atomic mass is 16.6. The van der Waals surface area contributed by atoms with Crippen molar-refractivity contribution in [1.82, 2.24) is 0 Å². The number of carbonyl (C=O) groups excluding carboxylic acids is 1. The Morgan fingerprint density at radius 1 is 1.27 bits per heavy atom. The summed E-state index contributed by atoms with van der Waals surface area (Å²) in [6.07, 6.45) is 0. The highest BCUT2D eigenvalue weighted by Gasteiger charge is 2.13. The Labute approximate surface area is 127 Å². The maximum Gasteiger partial charge on any atom is 0.279 e. The van der Waals surface area contributed by atoms with Crippen LogP contribution < -0.4 is 10.2 Å². The number of nitro benzene ring substituents is 1. The lowest BCUT2D eigenvalue weighted by Crippen LogP contribution is -3.08. The van der Waals surface area contributed by atoms with Gasteiger partial charge in [-0.25, -0.2) is 0 Å². The fourth-order valence-electron chi connectivity index (χ4n) is 2.09. The Morgan fingerprint density at radius 2 is 1.95 bits per heavy atom. The SMILES string of the molecule is Cc1ccc(C[NH+](C)CC(=O)Nc2ccc([N+](=O)[O-])cc2)o1. The molecule has 0 aliphatic carbocycles. The molecule has 0 radical (unpaired) electrons. The lowest BCUT2D eigenvalue weighted by molar-refractivity contribution is -0.886. The molecule has 1 unspecified atom stereocenters. The fraction of sp³-hybridized carbons (Fsp3) is 0.267. The average Bonchev–Trinajstić information content (AvgIpc) is 2.84. The summed E-state index contributed by atoms with van der Waals surface area (Å²) in [7, 11) is 1.90. The number of hydrogen-bond donors (Lipinski definition) is 2. The number of rotatable bonds is 6. The molecule has 0 aliphatic heterocycles. The predicted octanol–water partition coefficient (Wildman–Crippen LogP) is 1.15. The zero-order valence-electron chi connectivity index (χ0n) is 12.5. The molecule has 1 aromatic heterocycles. The molecule has 2 aromatic rings. The van der Waals surface area contributed by atoms with Crippen LogP contribution in [0.3, 0.4) is 0 Å². The van der Waals surface area contributed by atoms with E-state index in [0.717, 1.165) is 16.4 Å². The number of quaternary nitrogens is 1. The number of nitro groups is 1. The largest absolute Gasteiger partial charge is 0.460 e. The maximum absolute atomic E-state index is 11.9. The lowest BCUT2D eigenvalue weighted by atomic mass is 10.3. The monoisotopic (exact) mass is 304 g/mol. The Balaban J connectivity index is 1.85. The van der Waals surface area contributed by atoms with Crippen LogP contribution in [-0.4, -0.2) is 24.4 Å². The molecule has 2 rings (SSSR count). The Bertz CT molecular complexity index is 664. The Hall–Kier alpha value is -2.67. The van der Waals surface area contributed by atoms with Crippen molar-refractivity contribution >= 4 is 17.3 Å². The van der Waals surface area contributed by atoms with Crippen molar-refractivity contribution in [3.63, 3.8) is 0 Å². The third-order valence-corrected chi connectivity index (χ3v) is 3.10. The Kier molecular flexibility index (Phi) is 4.90. The van der Waals surface area contributed by atoms with E-state index in [1.54, 1.807) is 0 Å². The molecule has 0 saturated carbocycles. The van der Waals surface area contributed by atoms with Crippen LogP contribution in [0, 0.1) is 17.0 Å². The summed E-state index contributed by atoms with van der Waals surface area (Å²) < 4.78 is 5.47. The molecule has 0 fully saturated rings. The van der Waals surface area contributed by atoms with Gasteiger partial charge in [0.25, 0.3) is 11.6 Å². The molecule has 7 heteroatoms. The van der Waals surface area contributed by atoms with Crippen LogP contribution in [0.4, 0.5) is 11.4 Å². The minimum absolute atomic E-state index is 0.00562. The number of aryl methyl sites for hydroxylation is 1. The molecule has 0 aliphatic rings. The minimum atomic E-state index is -0.477. The number of hydrogen-bond acceptors (Lipinski definition) is 4. The van der Waals surface area contributed by atoms with Crippen LogP contribution in [0.2, 0.25) is 0 Å². The van der Waals surface area contributed by atoms with Gasteiger partial charge in [0, 0.05) is 17.8 Å². The van der Waals surface area contributed by atoms with Crippen molar-refractivity contribution in [2.75, 3.05) is 18.9 Å². The first-order valence-electron chi connectivity index (χ1n) is 6.85. The molecule has 1 amide bonds. The topological polar surface area (TPSA) is 89.8 Å². The van der Waals surface area contributed by atoms with E-state index < -0.39 is 4.92 Å². The summed E-state index contributed by atoms with van der Waals surface area (Å²) in [4.78, 5) is 23.0. The van der Waals surface area contributed by atoms with Crippen LogP contribution in [0.15, 0.2) is 40.8 Å². The molecule has 1 heterocycles. The first-order chi connectivity index (χ1) is 10.4. The van der Waals surface area contributed by atoms with Gasteiger partial charge in [-0.05, 0) is 31.2 Å². The zero-order valence-corrected chi connectivity index (χ0v) is 12.5. The number of furan rings is 1. The first-order valence-corrected chi connectivity index (χ1v) is 6.85. The highest BCUT2D eigenvalue weighted by molar-refractivity contribution is 5.91. The van der Waals surface area contributed by atoms with Gasteiger partial charge in [-0.3, -0.25) is 14.9 Å². The van der Waals surface area contributed by atoms with Gasteiger partial charge < -0.3 is 14.6 Å². The van der Waals surface area contributed by atoms with Crippen LogP contribution in [0.1, 0.15) is 11.5 Å². The second-order valence-corrected chi connectivity index (χ2v) is 5.18. The molecule has 7 nitrogen and oxygen atoms in total. The molecule has 1 aromatic carbocycles. The number of amides is 1. The lowest BCUT2D eigenvalue weighted by Gasteiger charge is -2.12. The second-order valence-electron chi connectivity index (χ2n) is 5.18.